The Morgan fingerprint density at radius 3 is 2.40 bits per heavy atom. The Bertz CT molecular complexity index is 733. The Balaban J connectivity index is 2.10. The van der Waals surface area contributed by atoms with Crippen molar-refractivity contribution < 1.29 is 14.1 Å². The number of rotatable bonds is 6. The Labute approximate surface area is 147 Å². The number of carbonyl (C=O) groups excluding carboxylic acids is 2. The third-order valence-electron chi connectivity index (χ3n) is 4.18. The highest BCUT2D eigenvalue weighted by Gasteiger charge is 2.21. The van der Waals surface area contributed by atoms with E-state index in [1.165, 1.54) is 0 Å². The number of benzene rings is 1. The molecule has 0 radical (unpaired) electrons. The van der Waals surface area contributed by atoms with Crippen LogP contribution < -0.4 is 11.1 Å². The molecule has 0 fully saturated rings. The molecule has 134 valence electrons. The van der Waals surface area contributed by atoms with Gasteiger partial charge in [0, 0.05) is 12.6 Å². The first kappa shape index (κ1) is 18.5. The molecular formula is C18H24N4O3. The molecule has 0 spiro atoms. The van der Waals surface area contributed by atoms with Gasteiger partial charge in [-0.2, -0.15) is 0 Å². The van der Waals surface area contributed by atoms with Crippen LogP contribution in [0.4, 0.5) is 4.79 Å². The fraction of sp³-hybridized carbons (Fsp3) is 0.389. The maximum atomic E-state index is 12.6. The third kappa shape index (κ3) is 4.82. The Hall–Kier alpha value is -2.83. The van der Waals surface area contributed by atoms with Crippen LogP contribution in [0.5, 0.6) is 0 Å². The Kier molecular flexibility index (Phi) is 5.80. The van der Waals surface area contributed by atoms with Gasteiger partial charge in [0.15, 0.2) is 0 Å². The number of nitrogens with two attached hydrogens (primary N) is 1. The van der Waals surface area contributed by atoms with Crippen molar-refractivity contribution in [3.63, 3.8) is 0 Å². The summed E-state index contributed by atoms with van der Waals surface area (Å²) in [5.41, 5.74) is 8.86. The zero-order valence-electron chi connectivity index (χ0n) is 15.0. The summed E-state index contributed by atoms with van der Waals surface area (Å²) >= 11 is 0. The third-order valence-corrected chi connectivity index (χ3v) is 4.18. The van der Waals surface area contributed by atoms with Crippen LogP contribution in [0.25, 0.3) is 0 Å². The number of urea groups is 1. The molecule has 25 heavy (non-hydrogen) atoms. The van der Waals surface area contributed by atoms with Gasteiger partial charge in [0.05, 0.1) is 24.7 Å². The van der Waals surface area contributed by atoms with Crippen LogP contribution in [0.1, 0.15) is 40.6 Å². The first-order chi connectivity index (χ1) is 11.8. The number of nitrogens with zero attached hydrogens (tertiary/aromatic N) is 2. The van der Waals surface area contributed by atoms with Gasteiger partial charge < -0.3 is 20.5 Å². The first-order valence-electron chi connectivity index (χ1n) is 8.06. The molecule has 0 aliphatic carbocycles. The lowest BCUT2D eigenvalue weighted by molar-refractivity contribution is -0.130. The molecule has 1 aromatic heterocycles. The predicted octanol–water partition coefficient (Wildman–Crippen LogP) is 2.36. The number of hydrogen-bond acceptors (Lipinski definition) is 4. The van der Waals surface area contributed by atoms with E-state index in [-0.39, 0.29) is 12.3 Å². The van der Waals surface area contributed by atoms with Crippen LogP contribution in [0, 0.1) is 20.8 Å². The lowest BCUT2D eigenvalue weighted by Crippen LogP contribution is -2.37. The highest BCUT2D eigenvalue weighted by Crippen LogP contribution is 2.20. The van der Waals surface area contributed by atoms with Crippen LogP contribution in [-0.4, -0.2) is 29.0 Å². The van der Waals surface area contributed by atoms with Crippen molar-refractivity contribution in [3.8, 4) is 0 Å². The average Bonchev–Trinajstić information content (AvgIpc) is 2.86. The number of aryl methyl sites for hydroxylation is 3. The van der Waals surface area contributed by atoms with Crippen molar-refractivity contribution in [1.29, 1.82) is 0 Å². The summed E-state index contributed by atoms with van der Waals surface area (Å²) < 4.78 is 5.13. The van der Waals surface area contributed by atoms with E-state index in [9.17, 15) is 9.59 Å². The molecule has 3 N–H and O–H groups in total. The predicted molar refractivity (Wildman–Crippen MR) is 93.7 cm³/mol. The summed E-state index contributed by atoms with van der Waals surface area (Å²) in [7, 11) is 1.71. The highest BCUT2D eigenvalue weighted by atomic mass is 16.5. The van der Waals surface area contributed by atoms with Crippen molar-refractivity contribution in [1.82, 2.24) is 15.4 Å². The van der Waals surface area contributed by atoms with E-state index in [0.717, 1.165) is 22.4 Å². The van der Waals surface area contributed by atoms with Gasteiger partial charge >= 0.3 is 6.03 Å². The molecule has 0 saturated heterocycles. The normalized spacial score (nSPS) is 11.8. The summed E-state index contributed by atoms with van der Waals surface area (Å²) in [5.74, 6) is 0.585. The van der Waals surface area contributed by atoms with Gasteiger partial charge in [-0.1, -0.05) is 35.0 Å². The molecule has 1 aromatic carbocycles. The van der Waals surface area contributed by atoms with Gasteiger partial charge in [0.2, 0.25) is 5.91 Å². The number of amides is 3. The molecule has 0 unspecified atom stereocenters. The van der Waals surface area contributed by atoms with Gasteiger partial charge in [0.1, 0.15) is 5.76 Å². The standard InChI is InChI=1S/C18H24N4O3/c1-11-5-7-14(8-6-11)16(20-18(19)24)9-17(23)22(4)10-15-12(2)21-25-13(15)3/h5-8,16H,9-10H2,1-4H3,(H3,19,20,24)/t16-/m1/s1. The molecule has 0 bridgehead atoms. The minimum atomic E-state index is -0.660. The molecular weight excluding hydrogens is 320 g/mol. The summed E-state index contributed by atoms with van der Waals surface area (Å²) in [4.78, 5) is 25.5. The number of primary amides is 1. The monoisotopic (exact) mass is 344 g/mol. The van der Waals surface area contributed by atoms with Crippen LogP contribution in [-0.2, 0) is 11.3 Å². The topological polar surface area (TPSA) is 101 Å². The highest BCUT2D eigenvalue weighted by molar-refractivity contribution is 5.78. The molecule has 2 aromatic rings. The summed E-state index contributed by atoms with van der Waals surface area (Å²) in [6.07, 6.45) is 0.117. The van der Waals surface area contributed by atoms with E-state index < -0.39 is 12.1 Å². The van der Waals surface area contributed by atoms with Crippen LogP contribution >= 0.6 is 0 Å². The van der Waals surface area contributed by atoms with Crippen LogP contribution in [0.15, 0.2) is 28.8 Å². The lowest BCUT2D eigenvalue weighted by Gasteiger charge is -2.22. The largest absolute Gasteiger partial charge is 0.361 e. The number of nitrogens with one attached hydrogen (secondary N) is 1. The molecule has 1 atom stereocenters. The van der Waals surface area contributed by atoms with E-state index in [4.69, 9.17) is 10.3 Å². The quantitative estimate of drug-likeness (QED) is 0.840. The van der Waals surface area contributed by atoms with E-state index in [1.54, 1.807) is 11.9 Å². The molecule has 0 aliphatic heterocycles. The summed E-state index contributed by atoms with van der Waals surface area (Å²) in [5, 5.41) is 6.54. The molecule has 3 amide bonds. The zero-order chi connectivity index (χ0) is 18.6. The summed E-state index contributed by atoms with van der Waals surface area (Å²) in [6, 6.07) is 6.51. The molecule has 1 heterocycles. The second kappa shape index (κ2) is 7.83. The fourth-order valence-corrected chi connectivity index (χ4v) is 2.61. The maximum absolute atomic E-state index is 12.6. The van der Waals surface area contributed by atoms with E-state index in [1.807, 2.05) is 45.0 Å². The average molecular weight is 344 g/mol. The first-order valence-corrected chi connectivity index (χ1v) is 8.06. The molecule has 0 aliphatic rings. The van der Waals surface area contributed by atoms with Crippen LogP contribution in [0.3, 0.4) is 0 Å². The number of hydrogen-bond donors (Lipinski definition) is 2. The second-order valence-electron chi connectivity index (χ2n) is 6.23. The van der Waals surface area contributed by atoms with Crippen molar-refractivity contribution >= 4 is 11.9 Å². The second-order valence-corrected chi connectivity index (χ2v) is 6.23. The number of aromatic nitrogens is 1. The van der Waals surface area contributed by atoms with Gasteiger partial charge in [-0.15, -0.1) is 0 Å². The molecule has 7 nitrogen and oxygen atoms in total. The minimum Gasteiger partial charge on any atom is -0.361 e. The molecule has 2 rings (SSSR count). The van der Waals surface area contributed by atoms with Gasteiger partial charge in [-0.25, -0.2) is 4.79 Å². The van der Waals surface area contributed by atoms with Crippen molar-refractivity contribution in [3.05, 3.63) is 52.4 Å². The van der Waals surface area contributed by atoms with E-state index in [0.29, 0.717) is 12.3 Å². The van der Waals surface area contributed by atoms with Gasteiger partial charge in [-0.05, 0) is 26.3 Å². The molecule has 0 saturated carbocycles. The fourth-order valence-electron chi connectivity index (χ4n) is 2.61. The zero-order valence-corrected chi connectivity index (χ0v) is 15.0. The van der Waals surface area contributed by atoms with E-state index >= 15 is 0 Å². The minimum absolute atomic E-state index is 0.112. The Morgan fingerprint density at radius 1 is 1.24 bits per heavy atom. The summed E-state index contributed by atoms with van der Waals surface area (Å²) in [6.45, 7) is 6.03. The molecule has 7 heteroatoms. The van der Waals surface area contributed by atoms with Gasteiger partial charge in [-0.3, -0.25) is 4.79 Å². The van der Waals surface area contributed by atoms with Crippen molar-refractivity contribution in [2.75, 3.05) is 7.05 Å². The smallest absolute Gasteiger partial charge is 0.312 e. The van der Waals surface area contributed by atoms with Crippen molar-refractivity contribution in [2.45, 2.75) is 39.8 Å². The number of carbonyl (C=O) groups is 2. The van der Waals surface area contributed by atoms with Gasteiger partial charge in [0.25, 0.3) is 0 Å². The Morgan fingerprint density at radius 2 is 1.88 bits per heavy atom. The van der Waals surface area contributed by atoms with Crippen LogP contribution in [0.2, 0.25) is 0 Å². The van der Waals surface area contributed by atoms with E-state index in [2.05, 4.69) is 10.5 Å². The lowest BCUT2D eigenvalue weighted by atomic mass is 10.0. The SMILES string of the molecule is Cc1ccc([C@@H](CC(=O)N(C)Cc2c(C)noc2C)NC(N)=O)cc1. The van der Waals surface area contributed by atoms with Crippen molar-refractivity contribution in [2.24, 2.45) is 5.73 Å². The maximum Gasteiger partial charge on any atom is 0.312 e.